The Bertz CT molecular complexity index is 177. The first-order chi connectivity index (χ1) is 6.14. The fourth-order valence-corrected chi connectivity index (χ4v) is 0.895. The Balaban J connectivity index is 4.32. The molecule has 0 aliphatic carbocycles. The highest BCUT2D eigenvalue weighted by molar-refractivity contribution is 5.88. The average molecular weight is 187 g/mol. The Morgan fingerprint density at radius 2 is 2.00 bits per heavy atom. The minimum Gasteiger partial charge on any atom is -0.394 e. The third kappa shape index (κ3) is 3.57. The van der Waals surface area contributed by atoms with E-state index in [4.69, 9.17) is 10.2 Å². The van der Waals surface area contributed by atoms with E-state index in [9.17, 15) is 4.79 Å². The maximum Gasteiger partial charge on any atom is 0.244 e. The highest BCUT2D eigenvalue weighted by Gasteiger charge is 2.27. The van der Waals surface area contributed by atoms with Gasteiger partial charge < -0.3 is 15.5 Å². The zero-order valence-electron chi connectivity index (χ0n) is 8.08. The van der Waals surface area contributed by atoms with Gasteiger partial charge in [0.2, 0.25) is 5.91 Å². The van der Waals surface area contributed by atoms with E-state index in [1.165, 1.54) is 6.08 Å². The molecule has 0 spiro atoms. The third-order valence-corrected chi connectivity index (χ3v) is 1.99. The smallest absolute Gasteiger partial charge is 0.244 e. The van der Waals surface area contributed by atoms with Gasteiger partial charge in [0.25, 0.3) is 0 Å². The number of nitrogens with one attached hydrogen (secondary N) is 1. The molecule has 0 aromatic rings. The van der Waals surface area contributed by atoms with Gasteiger partial charge in [-0.05, 0) is 19.4 Å². The van der Waals surface area contributed by atoms with Gasteiger partial charge in [-0.3, -0.25) is 4.79 Å². The SMILES string of the molecule is C/C=C/C(=O)NC(CC)(CO)CO. The standard InChI is InChI=1S/C9H17NO3/c1-3-5-8(13)10-9(4-2,6-11)7-12/h3,5,11-12H,4,6-7H2,1-2H3,(H,10,13)/b5-3+. The summed E-state index contributed by atoms with van der Waals surface area (Å²) >= 11 is 0. The highest BCUT2D eigenvalue weighted by Crippen LogP contribution is 2.07. The Hall–Kier alpha value is -0.870. The number of aliphatic hydroxyl groups excluding tert-OH is 2. The summed E-state index contributed by atoms with van der Waals surface area (Å²) in [6, 6.07) is 0. The highest BCUT2D eigenvalue weighted by atomic mass is 16.3. The van der Waals surface area contributed by atoms with Crippen LogP contribution >= 0.6 is 0 Å². The van der Waals surface area contributed by atoms with Crippen LogP contribution in [0.5, 0.6) is 0 Å². The summed E-state index contributed by atoms with van der Waals surface area (Å²) in [7, 11) is 0. The largest absolute Gasteiger partial charge is 0.394 e. The quantitative estimate of drug-likeness (QED) is 0.523. The molecule has 4 nitrogen and oxygen atoms in total. The first kappa shape index (κ1) is 12.1. The number of amides is 1. The van der Waals surface area contributed by atoms with Gasteiger partial charge in [0.05, 0.1) is 18.8 Å². The van der Waals surface area contributed by atoms with E-state index in [-0.39, 0.29) is 19.1 Å². The van der Waals surface area contributed by atoms with E-state index in [0.29, 0.717) is 6.42 Å². The van der Waals surface area contributed by atoms with Crippen molar-refractivity contribution in [1.29, 1.82) is 0 Å². The van der Waals surface area contributed by atoms with Gasteiger partial charge in [0, 0.05) is 0 Å². The van der Waals surface area contributed by atoms with Crippen molar-refractivity contribution in [3.05, 3.63) is 12.2 Å². The lowest BCUT2D eigenvalue weighted by Gasteiger charge is -2.28. The minimum atomic E-state index is -0.892. The molecule has 0 aliphatic heterocycles. The molecule has 0 aromatic heterocycles. The van der Waals surface area contributed by atoms with Crippen molar-refractivity contribution in [2.45, 2.75) is 25.8 Å². The van der Waals surface area contributed by atoms with Crippen LogP contribution in [-0.2, 0) is 4.79 Å². The number of hydrogen-bond acceptors (Lipinski definition) is 3. The van der Waals surface area contributed by atoms with Crippen molar-refractivity contribution in [3.63, 3.8) is 0 Å². The molecule has 0 heterocycles. The summed E-state index contributed by atoms with van der Waals surface area (Å²) in [5, 5.41) is 20.5. The number of rotatable bonds is 5. The second kappa shape index (κ2) is 5.72. The number of allylic oxidation sites excluding steroid dienone is 1. The van der Waals surface area contributed by atoms with Crippen molar-refractivity contribution in [2.75, 3.05) is 13.2 Å². The molecule has 0 radical (unpaired) electrons. The van der Waals surface area contributed by atoms with Crippen LogP contribution in [-0.4, -0.2) is 34.9 Å². The number of carbonyl (C=O) groups excluding carboxylic acids is 1. The van der Waals surface area contributed by atoms with Crippen molar-refractivity contribution >= 4 is 5.91 Å². The van der Waals surface area contributed by atoms with Gasteiger partial charge in [-0.1, -0.05) is 13.0 Å². The summed E-state index contributed by atoms with van der Waals surface area (Å²) in [4.78, 5) is 11.1. The first-order valence-electron chi connectivity index (χ1n) is 4.30. The van der Waals surface area contributed by atoms with E-state index >= 15 is 0 Å². The van der Waals surface area contributed by atoms with Gasteiger partial charge in [-0.25, -0.2) is 0 Å². The molecule has 13 heavy (non-hydrogen) atoms. The molecule has 0 saturated carbocycles. The topological polar surface area (TPSA) is 69.6 Å². The van der Waals surface area contributed by atoms with Crippen LogP contribution in [0.4, 0.5) is 0 Å². The van der Waals surface area contributed by atoms with E-state index < -0.39 is 5.54 Å². The molecule has 0 bridgehead atoms. The van der Waals surface area contributed by atoms with Crippen LogP contribution in [0.3, 0.4) is 0 Å². The van der Waals surface area contributed by atoms with Crippen LogP contribution in [0, 0.1) is 0 Å². The molecular weight excluding hydrogens is 170 g/mol. The molecule has 0 aromatic carbocycles. The molecule has 4 heteroatoms. The molecule has 0 rings (SSSR count). The monoisotopic (exact) mass is 187 g/mol. The Kier molecular flexibility index (Phi) is 5.34. The molecule has 76 valence electrons. The van der Waals surface area contributed by atoms with Crippen LogP contribution in [0.25, 0.3) is 0 Å². The van der Waals surface area contributed by atoms with Gasteiger partial charge in [-0.2, -0.15) is 0 Å². The summed E-state index contributed by atoms with van der Waals surface area (Å²) in [5.41, 5.74) is -0.892. The lowest BCUT2D eigenvalue weighted by Crippen LogP contribution is -2.53. The molecule has 0 unspecified atom stereocenters. The zero-order valence-corrected chi connectivity index (χ0v) is 8.08. The van der Waals surface area contributed by atoms with Crippen molar-refractivity contribution < 1.29 is 15.0 Å². The van der Waals surface area contributed by atoms with Gasteiger partial charge in [0.15, 0.2) is 0 Å². The second-order valence-corrected chi connectivity index (χ2v) is 2.94. The summed E-state index contributed by atoms with van der Waals surface area (Å²) in [5.74, 6) is -0.299. The first-order valence-corrected chi connectivity index (χ1v) is 4.30. The number of carbonyl (C=O) groups is 1. The predicted molar refractivity (Wildman–Crippen MR) is 50.2 cm³/mol. The Morgan fingerprint density at radius 3 is 2.31 bits per heavy atom. The average Bonchev–Trinajstić information content (AvgIpc) is 2.15. The second-order valence-electron chi connectivity index (χ2n) is 2.94. The van der Waals surface area contributed by atoms with E-state index in [1.54, 1.807) is 19.9 Å². The lowest BCUT2D eigenvalue weighted by atomic mass is 9.98. The summed E-state index contributed by atoms with van der Waals surface area (Å²) < 4.78 is 0. The van der Waals surface area contributed by atoms with E-state index in [1.807, 2.05) is 0 Å². The van der Waals surface area contributed by atoms with Crippen molar-refractivity contribution in [1.82, 2.24) is 5.32 Å². The third-order valence-electron chi connectivity index (χ3n) is 1.99. The Labute approximate surface area is 78.3 Å². The van der Waals surface area contributed by atoms with Crippen LogP contribution in [0.2, 0.25) is 0 Å². The van der Waals surface area contributed by atoms with Crippen LogP contribution in [0.1, 0.15) is 20.3 Å². The summed E-state index contributed by atoms with van der Waals surface area (Å²) in [6.07, 6.45) is 3.45. The zero-order chi connectivity index (χ0) is 10.3. The predicted octanol–water partition coefficient (Wildman–Crippen LogP) is -0.188. The van der Waals surface area contributed by atoms with Crippen molar-refractivity contribution in [3.8, 4) is 0 Å². The van der Waals surface area contributed by atoms with Crippen LogP contribution < -0.4 is 5.32 Å². The summed E-state index contributed by atoms with van der Waals surface area (Å²) in [6.45, 7) is 3.00. The number of aliphatic hydroxyl groups is 2. The van der Waals surface area contributed by atoms with Gasteiger partial charge in [-0.15, -0.1) is 0 Å². The van der Waals surface area contributed by atoms with E-state index in [2.05, 4.69) is 5.32 Å². The van der Waals surface area contributed by atoms with Crippen molar-refractivity contribution in [2.24, 2.45) is 0 Å². The molecule has 0 atom stereocenters. The minimum absolute atomic E-state index is 0.261. The molecule has 1 amide bonds. The maximum absolute atomic E-state index is 11.1. The number of hydrogen-bond donors (Lipinski definition) is 3. The van der Waals surface area contributed by atoms with E-state index in [0.717, 1.165) is 0 Å². The lowest BCUT2D eigenvalue weighted by molar-refractivity contribution is -0.119. The fourth-order valence-electron chi connectivity index (χ4n) is 0.895. The molecular formula is C9H17NO3. The molecule has 3 N–H and O–H groups in total. The normalized spacial score (nSPS) is 12.0. The van der Waals surface area contributed by atoms with Gasteiger partial charge in [0.1, 0.15) is 0 Å². The van der Waals surface area contributed by atoms with Gasteiger partial charge >= 0.3 is 0 Å². The maximum atomic E-state index is 11.1. The molecule has 0 aliphatic rings. The fraction of sp³-hybridized carbons (Fsp3) is 0.667. The molecule has 0 fully saturated rings. The van der Waals surface area contributed by atoms with Crippen LogP contribution in [0.15, 0.2) is 12.2 Å². The Morgan fingerprint density at radius 1 is 1.46 bits per heavy atom. The molecule has 0 saturated heterocycles.